The van der Waals surface area contributed by atoms with Crippen molar-refractivity contribution < 1.29 is 48.1 Å². The number of rotatable bonds is 7. The highest BCUT2D eigenvalue weighted by atomic mass is 31.2. The molecule has 1 aromatic heterocycles. The Balaban J connectivity index is 2.23. The van der Waals surface area contributed by atoms with Crippen LogP contribution in [0.5, 0.6) is 0 Å². The van der Waals surface area contributed by atoms with Gasteiger partial charge in [0.15, 0.2) is 0 Å². The molecule has 38 heavy (non-hydrogen) atoms. The van der Waals surface area contributed by atoms with E-state index in [1.54, 1.807) is 12.1 Å². The van der Waals surface area contributed by atoms with Crippen LogP contribution >= 0.6 is 15.2 Å². The number of hydrogen-bond acceptors (Lipinski definition) is 8. The minimum absolute atomic E-state index is 0.0485. The maximum Gasteiger partial charge on any atom is 0.430 e. The molecule has 15 nitrogen and oxygen atoms in total. The standard InChI is InChI=1S/C21H30N4O11P2/c1-12(2)13-9-14-17(10-16(13)24-7-5-22(3)6-8-24)25(11-15(18(14)26)19(27)28)23(4)20(29)36-21(37(30,31)32)38(33,34)35/h9-12,21H,5-8H2,1-4H3,(H,27,28)(H2,30,31,32)(H2,33,34,35). The zero-order valence-corrected chi connectivity index (χ0v) is 22.9. The van der Waals surface area contributed by atoms with Gasteiger partial charge in [-0.3, -0.25) is 18.6 Å². The Morgan fingerprint density at radius 3 is 2.05 bits per heavy atom. The summed E-state index contributed by atoms with van der Waals surface area (Å²) in [5.74, 6) is -1.66. The molecule has 1 saturated heterocycles. The number of ether oxygens (including phenoxy) is 1. The van der Waals surface area contributed by atoms with Gasteiger partial charge in [0, 0.05) is 50.5 Å². The van der Waals surface area contributed by atoms with Crippen molar-refractivity contribution in [2.45, 2.75) is 25.4 Å². The molecule has 0 atom stereocenters. The first-order valence-electron chi connectivity index (χ1n) is 11.4. The maximum atomic E-state index is 13.1. The van der Waals surface area contributed by atoms with Gasteiger partial charge in [0.05, 0.1) is 5.52 Å². The highest BCUT2D eigenvalue weighted by Crippen LogP contribution is 2.60. The summed E-state index contributed by atoms with van der Waals surface area (Å²) in [5.41, 5.74) is -3.03. The van der Waals surface area contributed by atoms with E-state index in [9.17, 15) is 48.2 Å². The number of anilines is 1. The average molecular weight is 576 g/mol. The van der Waals surface area contributed by atoms with Gasteiger partial charge in [-0.25, -0.2) is 14.6 Å². The zero-order valence-electron chi connectivity index (χ0n) is 21.1. The monoisotopic (exact) mass is 576 g/mol. The van der Waals surface area contributed by atoms with E-state index in [0.717, 1.165) is 42.3 Å². The van der Waals surface area contributed by atoms with Crippen molar-refractivity contribution in [3.8, 4) is 0 Å². The van der Waals surface area contributed by atoms with Gasteiger partial charge in [-0.1, -0.05) is 13.8 Å². The van der Waals surface area contributed by atoms with Crippen molar-refractivity contribution in [3.05, 3.63) is 39.7 Å². The van der Waals surface area contributed by atoms with Gasteiger partial charge in [-0.05, 0) is 30.7 Å². The minimum atomic E-state index is -5.61. The highest BCUT2D eigenvalue weighted by molar-refractivity contribution is 7.70. The highest BCUT2D eigenvalue weighted by Gasteiger charge is 2.47. The van der Waals surface area contributed by atoms with E-state index >= 15 is 0 Å². The third-order valence-corrected chi connectivity index (χ3v) is 9.36. The predicted octanol–water partition coefficient (Wildman–Crippen LogP) is 0.918. The number of carbonyl (C=O) groups excluding carboxylic acids is 1. The number of aromatic nitrogens is 1. The molecular weight excluding hydrogens is 546 g/mol. The third kappa shape index (κ3) is 6.10. The van der Waals surface area contributed by atoms with Crippen molar-refractivity contribution in [1.82, 2.24) is 9.58 Å². The molecule has 1 aliphatic rings. The number of carboxylic acids is 1. The number of amides is 1. The fraction of sp³-hybridized carbons (Fsp3) is 0.476. The van der Waals surface area contributed by atoms with Crippen molar-refractivity contribution in [1.29, 1.82) is 0 Å². The van der Waals surface area contributed by atoms with Gasteiger partial charge < -0.3 is 39.2 Å². The second-order valence-corrected chi connectivity index (χ2v) is 13.0. The number of carboxylic acid groups (broad SMARTS) is 1. The van der Waals surface area contributed by atoms with E-state index in [1.165, 1.54) is 0 Å². The van der Waals surface area contributed by atoms with E-state index < -0.39 is 43.8 Å². The number of carbonyl (C=O) groups is 2. The molecule has 1 aromatic carbocycles. The largest absolute Gasteiger partial charge is 0.477 e. The Labute approximate surface area is 217 Å². The lowest BCUT2D eigenvalue weighted by Gasteiger charge is -2.36. The second kappa shape index (κ2) is 10.8. The Hall–Kier alpha value is -2.77. The number of nitrogens with zero attached hydrogens (tertiary/aromatic N) is 4. The number of aromatic carboxylic acids is 1. The molecule has 1 fully saturated rings. The Morgan fingerprint density at radius 2 is 1.58 bits per heavy atom. The van der Waals surface area contributed by atoms with Gasteiger partial charge in [0.25, 0.3) is 0 Å². The molecule has 1 aliphatic heterocycles. The first-order valence-corrected chi connectivity index (χ1v) is 14.7. The number of hydrogen-bond donors (Lipinski definition) is 5. The van der Waals surface area contributed by atoms with Crippen LogP contribution < -0.4 is 15.3 Å². The summed E-state index contributed by atoms with van der Waals surface area (Å²) in [5, 5.41) is 10.1. The summed E-state index contributed by atoms with van der Waals surface area (Å²) >= 11 is 0. The lowest BCUT2D eigenvalue weighted by molar-refractivity contribution is 0.0694. The molecule has 3 rings (SSSR count). The van der Waals surface area contributed by atoms with Crippen LogP contribution in [0.25, 0.3) is 10.9 Å². The Morgan fingerprint density at radius 1 is 1.03 bits per heavy atom. The summed E-state index contributed by atoms with van der Waals surface area (Å²) in [6.45, 7) is 6.66. The first-order chi connectivity index (χ1) is 17.4. The van der Waals surface area contributed by atoms with Crippen LogP contribution in [-0.2, 0) is 13.9 Å². The van der Waals surface area contributed by atoms with Gasteiger partial charge in [-0.15, -0.1) is 0 Å². The molecule has 0 unspecified atom stereocenters. The number of fused-ring (bicyclic) bond motifs is 1. The van der Waals surface area contributed by atoms with Gasteiger partial charge >= 0.3 is 32.8 Å². The van der Waals surface area contributed by atoms with E-state index in [4.69, 9.17) is 0 Å². The summed E-state index contributed by atoms with van der Waals surface area (Å²) in [6, 6.07) is 3.16. The van der Waals surface area contributed by atoms with Crippen molar-refractivity contribution in [2.75, 3.05) is 50.2 Å². The molecule has 1 amide bonds. The van der Waals surface area contributed by atoms with Gasteiger partial charge in [0.2, 0.25) is 5.43 Å². The molecule has 17 heteroatoms. The SMILES string of the molecule is CC(C)c1cc2c(=O)c(C(=O)O)cn(N(C)C(=O)OC(P(=O)(O)O)P(=O)(O)O)c2cc1N1CCN(C)CC1. The fourth-order valence-electron chi connectivity index (χ4n) is 4.13. The molecule has 5 N–H and O–H groups in total. The normalized spacial score (nSPS) is 15.4. The van der Waals surface area contributed by atoms with E-state index in [-0.39, 0.29) is 16.8 Å². The van der Waals surface area contributed by atoms with Crippen LogP contribution in [0.2, 0.25) is 0 Å². The van der Waals surface area contributed by atoms with Crippen LogP contribution in [0, 0.1) is 0 Å². The van der Waals surface area contributed by atoms with E-state index in [2.05, 4.69) is 14.5 Å². The lowest BCUT2D eigenvalue weighted by atomic mass is 9.96. The number of likely N-dealkylation sites (N-methyl/N-ethyl adjacent to an activating group) is 1. The number of piperazine rings is 1. The maximum absolute atomic E-state index is 13.1. The second-order valence-electron chi connectivity index (χ2n) is 9.31. The number of benzene rings is 1. The Kier molecular flexibility index (Phi) is 8.44. The summed E-state index contributed by atoms with van der Waals surface area (Å²) in [7, 11) is -8.21. The van der Waals surface area contributed by atoms with Crippen LogP contribution in [0.3, 0.4) is 0 Å². The van der Waals surface area contributed by atoms with Crippen LogP contribution in [0.4, 0.5) is 10.5 Å². The molecule has 0 bridgehead atoms. The summed E-state index contributed by atoms with van der Waals surface area (Å²) in [4.78, 5) is 79.2. The van der Waals surface area contributed by atoms with Crippen LogP contribution in [0.1, 0.15) is 35.7 Å². The minimum Gasteiger partial charge on any atom is -0.477 e. The van der Waals surface area contributed by atoms with E-state index in [0.29, 0.717) is 18.1 Å². The van der Waals surface area contributed by atoms with Crippen molar-refractivity contribution >= 4 is 43.8 Å². The Bertz CT molecular complexity index is 1380. The first kappa shape index (κ1) is 29.8. The van der Waals surface area contributed by atoms with E-state index in [1.807, 2.05) is 20.9 Å². The van der Waals surface area contributed by atoms with Gasteiger partial charge in [-0.2, -0.15) is 0 Å². The molecule has 0 aliphatic carbocycles. The third-order valence-electron chi connectivity index (χ3n) is 6.20. The molecule has 2 heterocycles. The molecule has 0 radical (unpaired) electrons. The average Bonchev–Trinajstić information content (AvgIpc) is 2.80. The smallest absolute Gasteiger partial charge is 0.430 e. The lowest BCUT2D eigenvalue weighted by Crippen LogP contribution is -2.45. The van der Waals surface area contributed by atoms with Crippen LogP contribution in [0.15, 0.2) is 23.1 Å². The number of pyridine rings is 1. The predicted molar refractivity (Wildman–Crippen MR) is 137 cm³/mol. The summed E-state index contributed by atoms with van der Waals surface area (Å²) < 4.78 is 28.6. The van der Waals surface area contributed by atoms with Crippen LogP contribution in [-0.4, -0.2) is 92.2 Å². The summed E-state index contributed by atoms with van der Waals surface area (Å²) in [6.07, 6.45) is -0.780. The van der Waals surface area contributed by atoms with Crippen molar-refractivity contribution in [2.24, 2.45) is 0 Å². The molecule has 210 valence electrons. The van der Waals surface area contributed by atoms with Gasteiger partial charge in [0.1, 0.15) is 5.56 Å². The quantitative estimate of drug-likeness (QED) is 0.291. The fourth-order valence-corrected chi connectivity index (χ4v) is 6.16. The van der Waals surface area contributed by atoms with Crippen molar-refractivity contribution in [3.63, 3.8) is 0 Å². The zero-order chi connectivity index (χ0) is 28.7. The molecule has 0 spiro atoms. The molecule has 0 saturated carbocycles. The topological polar surface area (TPSA) is 210 Å². The molecule has 2 aromatic rings. The molecular formula is C21H30N4O11P2.